The first-order chi connectivity index (χ1) is 16.0. The lowest BCUT2D eigenvalue weighted by atomic mass is 10.1. The van der Waals surface area contributed by atoms with Crippen LogP contribution >= 0.6 is 11.6 Å². The second-order valence-electron chi connectivity index (χ2n) is 7.02. The van der Waals surface area contributed by atoms with Gasteiger partial charge in [0.05, 0.1) is 25.3 Å². The summed E-state index contributed by atoms with van der Waals surface area (Å²) < 4.78 is 16.1. The van der Waals surface area contributed by atoms with Crippen molar-refractivity contribution in [2.24, 2.45) is 0 Å². The van der Waals surface area contributed by atoms with E-state index < -0.39 is 0 Å². The lowest BCUT2D eigenvalue weighted by Gasteiger charge is -2.10. The summed E-state index contributed by atoms with van der Waals surface area (Å²) in [7, 11) is 3.02. The Kier molecular flexibility index (Phi) is 6.46. The minimum Gasteiger partial charge on any atom is -0.497 e. The second kappa shape index (κ2) is 9.62. The van der Waals surface area contributed by atoms with Gasteiger partial charge >= 0.3 is 0 Å². The van der Waals surface area contributed by atoms with Crippen LogP contribution < -0.4 is 19.5 Å². The number of ether oxygens (including phenoxy) is 3. The van der Waals surface area contributed by atoms with Crippen molar-refractivity contribution < 1.29 is 23.8 Å². The monoisotopic (exact) mass is 465 g/mol. The zero-order chi connectivity index (χ0) is 23.4. The topological polar surface area (TPSA) is 103 Å². The Morgan fingerprint density at radius 1 is 1.00 bits per heavy atom. The van der Waals surface area contributed by atoms with E-state index in [9.17, 15) is 9.59 Å². The summed E-state index contributed by atoms with van der Waals surface area (Å²) in [5.74, 6) is 1.24. The predicted molar refractivity (Wildman–Crippen MR) is 125 cm³/mol. The third kappa shape index (κ3) is 4.91. The van der Waals surface area contributed by atoms with Crippen molar-refractivity contribution >= 4 is 40.0 Å². The van der Waals surface area contributed by atoms with Crippen LogP contribution in [-0.4, -0.2) is 42.7 Å². The first-order valence-corrected chi connectivity index (χ1v) is 10.3. The zero-order valence-corrected chi connectivity index (χ0v) is 18.6. The van der Waals surface area contributed by atoms with Crippen molar-refractivity contribution in [1.82, 2.24) is 10.2 Å². The van der Waals surface area contributed by atoms with Crippen molar-refractivity contribution in [3.05, 3.63) is 76.8 Å². The molecule has 0 bridgehead atoms. The molecule has 0 saturated carbocycles. The van der Waals surface area contributed by atoms with Crippen molar-refractivity contribution in [2.75, 3.05) is 26.1 Å². The van der Waals surface area contributed by atoms with Gasteiger partial charge < -0.3 is 19.5 Å². The summed E-state index contributed by atoms with van der Waals surface area (Å²) in [5, 5.41) is 10.9. The lowest BCUT2D eigenvalue weighted by molar-refractivity contribution is 0.0917. The number of methoxy groups -OCH3 is 2. The summed E-state index contributed by atoms with van der Waals surface area (Å²) in [4.78, 5) is 25.2. The molecule has 33 heavy (non-hydrogen) atoms. The standard InChI is InChI=1S/C24H20ClN3O5/c1-31-16-7-9-22(32-2)19(11-16)21(29)13-33-17-6-8-18-20(12-17)27-28-23(18)26-24(30)14-4-3-5-15(25)10-14/h3-12H,13H2,1-2H3,(H2,26,27,28,30). The highest BCUT2D eigenvalue weighted by molar-refractivity contribution is 6.31. The largest absolute Gasteiger partial charge is 0.497 e. The number of amides is 1. The highest BCUT2D eigenvalue weighted by Crippen LogP contribution is 2.27. The zero-order valence-electron chi connectivity index (χ0n) is 17.8. The Hall–Kier alpha value is -4.04. The van der Waals surface area contributed by atoms with Crippen LogP contribution in [0, 0.1) is 0 Å². The molecule has 168 valence electrons. The molecule has 0 unspecified atom stereocenters. The molecule has 9 heteroatoms. The van der Waals surface area contributed by atoms with Gasteiger partial charge in [0.25, 0.3) is 5.91 Å². The fourth-order valence-electron chi connectivity index (χ4n) is 3.25. The molecule has 0 saturated heterocycles. The fraction of sp³-hybridized carbons (Fsp3) is 0.125. The van der Waals surface area contributed by atoms with Crippen LogP contribution in [0.15, 0.2) is 60.7 Å². The molecule has 0 spiro atoms. The molecule has 1 aromatic heterocycles. The number of fused-ring (bicyclic) bond motifs is 1. The van der Waals surface area contributed by atoms with Gasteiger partial charge in [-0.3, -0.25) is 14.7 Å². The Morgan fingerprint density at radius 2 is 1.82 bits per heavy atom. The van der Waals surface area contributed by atoms with E-state index in [2.05, 4.69) is 15.5 Å². The number of hydrogen-bond donors (Lipinski definition) is 2. The molecular weight excluding hydrogens is 446 g/mol. The number of halogens is 1. The number of ketones is 1. The quantitative estimate of drug-likeness (QED) is 0.364. The lowest BCUT2D eigenvalue weighted by Crippen LogP contribution is -2.13. The maximum absolute atomic E-state index is 12.7. The van der Waals surface area contributed by atoms with Gasteiger partial charge in [-0.25, -0.2) is 0 Å². The van der Waals surface area contributed by atoms with Crippen LogP contribution in [0.4, 0.5) is 5.82 Å². The van der Waals surface area contributed by atoms with Crippen molar-refractivity contribution in [2.45, 2.75) is 0 Å². The number of H-pyrrole nitrogens is 1. The first-order valence-electron chi connectivity index (χ1n) is 9.91. The van der Waals surface area contributed by atoms with Gasteiger partial charge in [0.2, 0.25) is 5.78 Å². The third-order valence-corrected chi connectivity index (χ3v) is 5.17. The van der Waals surface area contributed by atoms with Crippen LogP contribution in [-0.2, 0) is 0 Å². The summed E-state index contributed by atoms with van der Waals surface area (Å²) >= 11 is 5.95. The Bertz CT molecular complexity index is 1330. The van der Waals surface area contributed by atoms with Crippen molar-refractivity contribution in [3.8, 4) is 17.2 Å². The molecule has 0 aliphatic rings. The Balaban J connectivity index is 1.46. The number of anilines is 1. The molecular formula is C24H20ClN3O5. The minimum absolute atomic E-state index is 0.193. The normalized spacial score (nSPS) is 10.6. The van der Waals surface area contributed by atoms with E-state index in [0.29, 0.717) is 50.1 Å². The third-order valence-electron chi connectivity index (χ3n) is 4.93. The number of Topliss-reactive ketones (excluding diaryl/α,β-unsaturated/α-hetero) is 1. The predicted octanol–water partition coefficient (Wildman–Crippen LogP) is 4.75. The number of carbonyl (C=O) groups is 2. The van der Waals surface area contributed by atoms with E-state index in [1.165, 1.54) is 14.2 Å². The number of nitrogens with zero attached hydrogens (tertiary/aromatic N) is 1. The van der Waals surface area contributed by atoms with Gasteiger partial charge in [-0.1, -0.05) is 17.7 Å². The molecule has 4 aromatic rings. The van der Waals surface area contributed by atoms with Crippen LogP contribution in [0.2, 0.25) is 5.02 Å². The van der Waals surface area contributed by atoms with Crippen LogP contribution in [0.3, 0.4) is 0 Å². The molecule has 0 aliphatic heterocycles. The Labute approximate surface area is 194 Å². The van der Waals surface area contributed by atoms with Crippen molar-refractivity contribution in [3.63, 3.8) is 0 Å². The van der Waals surface area contributed by atoms with Crippen LogP contribution in [0.1, 0.15) is 20.7 Å². The summed E-state index contributed by atoms with van der Waals surface area (Å²) in [6.45, 7) is -0.193. The fourth-order valence-corrected chi connectivity index (χ4v) is 3.44. The van der Waals surface area contributed by atoms with E-state index in [-0.39, 0.29) is 18.3 Å². The number of nitrogens with one attached hydrogen (secondary N) is 2. The van der Waals surface area contributed by atoms with Crippen molar-refractivity contribution in [1.29, 1.82) is 0 Å². The average Bonchev–Trinajstić information content (AvgIpc) is 3.23. The number of aromatic nitrogens is 2. The molecule has 0 fully saturated rings. The van der Waals surface area contributed by atoms with E-state index >= 15 is 0 Å². The van der Waals surface area contributed by atoms with Crippen LogP contribution in [0.5, 0.6) is 17.2 Å². The van der Waals surface area contributed by atoms with E-state index in [0.717, 1.165) is 0 Å². The molecule has 2 N–H and O–H groups in total. The van der Waals surface area contributed by atoms with E-state index in [4.69, 9.17) is 25.8 Å². The van der Waals surface area contributed by atoms with Gasteiger partial charge in [0.15, 0.2) is 12.4 Å². The summed E-state index contributed by atoms with van der Waals surface area (Å²) in [6.07, 6.45) is 0. The van der Waals surface area contributed by atoms with Crippen LogP contribution in [0.25, 0.3) is 10.9 Å². The Morgan fingerprint density at radius 3 is 2.58 bits per heavy atom. The SMILES string of the molecule is COc1ccc(OC)c(C(=O)COc2ccc3c(NC(=O)c4cccc(Cl)c4)n[nH]c3c2)c1. The number of rotatable bonds is 8. The first kappa shape index (κ1) is 22.2. The maximum atomic E-state index is 12.7. The molecule has 0 atom stereocenters. The molecule has 1 heterocycles. The molecule has 0 aliphatic carbocycles. The van der Waals surface area contributed by atoms with Gasteiger partial charge in [-0.15, -0.1) is 0 Å². The summed E-state index contributed by atoms with van der Waals surface area (Å²) in [6, 6.07) is 16.8. The molecule has 1 amide bonds. The van der Waals surface area contributed by atoms with Gasteiger partial charge in [-0.2, -0.15) is 5.10 Å². The molecule has 8 nitrogen and oxygen atoms in total. The van der Waals surface area contributed by atoms with Gasteiger partial charge in [0.1, 0.15) is 17.2 Å². The molecule has 0 radical (unpaired) electrons. The van der Waals surface area contributed by atoms with E-state index in [1.807, 2.05) is 0 Å². The average molecular weight is 466 g/mol. The number of benzene rings is 3. The number of aromatic amines is 1. The smallest absolute Gasteiger partial charge is 0.256 e. The summed E-state index contributed by atoms with van der Waals surface area (Å²) in [5.41, 5.74) is 1.43. The minimum atomic E-state index is -0.330. The van der Waals surface area contributed by atoms with Gasteiger partial charge in [-0.05, 0) is 48.5 Å². The molecule has 4 rings (SSSR count). The highest BCUT2D eigenvalue weighted by atomic mass is 35.5. The maximum Gasteiger partial charge on any atom is 0.256 e. The van der Waals surface area contributed by atoms with E-state index in [1.54, 1.807) is 60.7 Å². The van der Waals surface area contributed by atoms with Gasteiger partial charge in [0, 0.05) is 22.0 Å². The highest BCUT2D eigenvalue weighted by Gasteiger charge is 2.16. The number of carbonyl (C=O) groups excluding carboxylic acids is 2. The molecule has 3 aromatic carbocycles. The number of hydrogen-bond acceptors (Lipinski definition) is 6. The second-order valence-corrected chi connectivity index (χ2v) is 7.46.